The van der Waals surface area contributed by atoms with E-state index in [0.29, 0.717) is 17.9 Å². The van der Waals surface area contributed by atoms with Crippen LogP contribution in [0.2, 0.25) is 0 Å². The number of hydrogen-bond acceptors (Lipinski definition) is 1. The molecule has 0 aromatic heterocycles. The summed E-state index contributed by atoms with van der Waals surface area (Å²) < 4.78 is 26.1. The summed E-state index contributed by atoms with van der Waals surface area (Å²) in [6.07, 6.45) is 0.720. The first-order valence-corrected chi connectivity index (χ1v) is 6.08. The highest BCUT2D eigenvalue weighted by atomic mass is 79.9. The Morgan fingerprint density at radius 3 is 2.56 bits per heavy atom. The maximum absolute atomic E-state index is 13.2. The van der Waals surface area contributed by atoms with Crippen LogP contribution in [0, 0.1) is 17.6 Å². The molecule has 1 N–H and O–H groups in total. The molecule has 0 aliphatic carbocycles. The first-order valence-electron chi connectivity index (χ1n) is 5.28. The summed E-state index contributed by atoms with van der Waals surface area (Å²) in [5.41, 5.74) is 0.402. The lowest BCUT2D eigenvalue weighted by molar-refractivity contribution is 0.145. The number of halogens is 3. The van der Waals surface area contributed by atoms with Crippen molar-refractivity contribution in [3.05, 3.63) is 33.8 Å². The van der Waals surface area contributed by atoms with Gasteiger partial charge in [-0.3, -0.25) is 0 Å². The molecule has 2 atom stereocenters. The van der Waals surface area contributed by atoms with E-state index in [2.05, 4.69) is 15.9 Å². The van der Waals surface area contributed by atoms with Crippen LogP contribution in [0.1, 0.15) is 38.4 Å². The topological polar surface area (TPSA) is 20.2 Å². The lowest BCUT2D eigenvalue weighted by Gasteiger charge is -2.17. The first-order chi connectivity index (χ1) is 7.47. The fourth-order valence-corrected chi connectivity index (χ4v) is 2.06. The number of hydrogen-bond donors (Lipinski definition) is 1. The SMILES string of the molecule is CCC(C)CC(O)c1ccc(F)c(F)c1Br. The second-order valence-electron chi connectivity index (χ2n) is 4.03. The van der Waals surface area contributed by atoms with Crippen molar-refractivity contribution >= 4 is 15.9 Å². The Labute approximate surface area is 103 Å². The van der Waals surface area contributed by atoms with Crippen molar-refractivity contribution in [3.63, 3.8) is 0 Å². The summed E-state index contributed by atoms with van der Waals surface area (Å²) in [7, 11) is 0. The Bertz CT molecular complexity index is 368. The van der Waals surface area contributed by atoms with Crippen LogP contribution in [0.3, 0.4) is 0 Å². The third-order valence-corrected chi connectivity index (χ3v) is 3.55. The van der Waals surface area contributed by atoms with Crippen LogP contribution in [-0.4, -0.2) is 5.11 Å². The molecule has 0 amide bonds. The van der Waals surface area contributed by atoms with Gasteiger partial charge in [0.1, 0.15) is 0 Å². The standard InChI is InChI=1S/C12H15BrF2O/c1-3-7(2)6-10(16)8-4-5-9(14)12(15)11(8)13/h4-5,7,10,16H,3,6H2,1-2H3. The molecule has 90 valence electrons. The summed E-state index contributed by atoms with van der Waals surface area (Å²) in [5, 5.41) is 9.90. The van der Waals surface area contributed by atoms with Crippen LogP contribution in [-0.2, 0) is 0 Å². The van der Waals surface area contributed by atoms with Gasteiger partial charge in [-0.2, -0.15) is 0 Å². The highest BCUT2D eigenvalue weighted by Gasteiger charge is 2.18. The molecule has 4 heteroatoms. The van der Waals surface area contributed by atoms with E-state index in [1.165, 1.54) is 6.07 Å². The molecule has 0 fully saturated rings. The summed E-state index contributed by atoms with van der Waals surface area (Å²) in [6, 6.07) is 2.45. The summed E-state index contributed by atoms with van der Waals surface area (Å²) in [4.78, 5) is 0. The predicted molar refractivity (Wildman–Crippen MR) is 63.1 cm³/mol. The van der Waals surface area contributed by atoms with Crippen LogP contribution in [0.5, 0.6) is 0 Å². The van der Waals surface area contributed by atoms with Gasteiger partial charge in [0.2, 0.25) is 0 Å². The minimum absolute atomic E-state index is 0.0169. The van der Waals surface area contributed by atoms with Gasteiger partial charge in [-0.1, -0.05) is 26.3 Å². The number of aliphatic hydroxyl groups excluding tert-OH is 1. The Hall–Kier alpha value is -0.480. The summed E-state index contributed by atoms with van der Waals surface area (Å²) in [5.74, 6) is -1.51. The fourth-order valence-electron chi connectivity index (χ4n) is 1.47. The quantitative estimate of drug-likeness (QED) is 0.825. The van der Waals surface area contributed by atoms with E-state index in [-0.39, 0.29) is 4.47 Å². The molecule has 0 aliphatic heterocycles. The van der Waals surface area contributed by atoms with E-state index in [4.69, 9.17) is 0 Å². The fraction of sp³-hybridized carbons (Fsp3) is 0.500. The zero-order chi connectivity index (χ0) is 12.3. The largest absolute Gasteiger partial charge is 0.388 e. The zero-order valence-electron chi connectivity index (χ0n) is 9.30. The van der Waals surface area contributed by atoms with Crippen molar-refractivity contribution < 1.29 is 13.9 Å². The highest BCUT2D eigenvalue weighted by molar-refractivity contribution is 9.10. The molecule has 1 aromatic rings. The lowest BCUT2D eigenvalue weighted by Crippen LogP contribution is -2.06. The lowest BCUT2D eigenvalue weighted by atomic mass is 9.96. The van der Waals surface area contributed by atoms with Crippen molar-refractivity contribution in [1.82, 2.24) is 0 Å². The average Bonchev–Trinajstić information content (AvgIpc) is 2.25. The van der Waals surface area contributed by atoms with Gasteiger partial charge >= 0.3 is 0 Å². The number of benzene rings is 1. The Morgan fingerprint density at radius 2 is 2.00 bits per heavy atom. The van der Waals surface area contributed by atoms with E-state index in [1.807, 2.05) is 13.8 Å². The smallest absolute Gasteiger partial charge is 0.173 e. The van der Waals surface area contributed by atoms with Crippen molar-refractivity contribution in [2.24, 2.45) is 5.92 Å². The van der Waals surface area contributed by atoms with E-state index in [0.717, 1.165) is 12.5 Å². The molecular formula is C12H15BrF2O. The van der Waals surface area contributed by atoms with Gasteiger partial charge in [-0.15, -0.1) is 0 Å². The van der Waals surface area contributed by atoms with Gasteiger partial charge < -0.3 is 5.11 Å². The Balaban J connectivity index is 2.92. The highest BCUT2D eigenvalue weighted by Crippen LogP contribution is 2.31. The molecule has 1 aromatic carbocycles. The van der Waals surface area contributed by atoms with E-state index in [1.54, 1.807) is 0 Å². The summed E-state index contributed by atoms with van der Waals surface area (Å²) >= 11 is 2.97. The first kappa shape index (κ1) is 13.6. The number of aliphatic hydroxyl groups is 1. The normalized spacial score (nSPS) is 14.9. The second-order valence-corrected chi connectivity index (χ2v) is 4.82. The Kier molecular flexibility index (Phi) is 4.87. The maximum Gasteiger partial charge on any atom is 0.173 e. The molecular weight excluding hydrogens is 278 g/mol. The van der Waals surface area contributed by atoms with Gasteiger partial charge in [-0.05, 0) is 39.9 Å². The molecule has 2 unspecified atom stereocenters. The van der Waals surface area contributed by atoms with Gasteiger partial charge in [0.05, 0.1) is 10.6 Å². The molecule has 0 saturated carbocycles. The summed E-state index contributed by atoms with van der Waals surface area (Å²) in [6.45, 7) is 4.04. The number of rotatable bonds is 4. The van der Waals surface area contributed by atoms with Crippen molar-refractivity contribution in [3.8, 4) is 0 Å². The Morgan fingerprint density at radius 1 is 1.38 bits per heavy atom. The minimum atomic E-state index is -0.944. The molecule has 0 bridgehead atoms. The third-order valence-electron chi connectivity index (χ3n) is 2.75. The van der Waals surface area contributed by atoms with Crippen molar-refractivity contribution in [2.75, 3.05) is 0 Å². The van der Waals surface area contributed by atoms with Crippen molar-refractivity contribution in [1.29, 1.82) is 0 Å². The van der Waals surface area contributed by atoms with Crippen LogP contribution < -0.4 is 0 Å². The van der Waals surface area contributed by atoms with E-state index < -0.39 is 17.7 Å². The van der Waals surface area contributed by atoms with Crippen LogP contribution in [0.4, 0.5) is 8.78 Å². The monoisotopic (exact) mass is 292 g/mol. The maximum atomic E-state index is 13.2. The molecule has 1 nitrogen and oxygen atoms in total. The third kappa shape index (κ3) is 3.01. The van der Waals surface area contributed by atoms with Crippen LogP contribution in [0.25, 0.3) is 0 Å². The van der Waals surface area contributed by atoms with Gasteiger partial charge in [0, 0.05) is 0 Å². The van der Waals surface area contributed by atoms with Gasteiger partial charge in [-0.25, -0.2) is 8.78 Å². The minimum Gasteiger partial charge on any atom is -0.388 e. The van der Waals surface area contributed by atoms with Crippen LogP contribution in [0.15, 0.2) is 16.6 Å². The van der Waals surface area contributed by atoms with Crippen LogP contribution >= 0.6 is 15.9 Å². The van der Waals surface area contributed by atoms with Gasteiger partial charge in [0.15, 0.2) is 11.6 Å². The molecule has 0 heterocycles. The zero-order valence-corrected chi connectivity index (χ0v) is 10.9. The van der Waals surface area contributed by atoms with E-state index in [9.17, 15) is 13.9 Å². The van der Waals surface area contributed by atoms with Gasteiger partial charge in [0.25, 0.3) is 0 Å². The van der Waals surface area contributed by atoms with E-state index >= 15 is 0 Å². The average molecular weight is 293 g/mol. The molecule has 1 rings (SSSR count). The predicted octanol–water partition coefficient (Wildman–Crippen LogP) is 4.20. The molecule has 0 radical (unpaired) electrons. The molecule has 16 heavy (non-hydrogen) atoms. The molecule has 0 aliphatic rings. The van der Waals surface area contributed by atoms with Crippen molar-refractivity contribution in [2.45, 2.75) is 32.8 Å². The second kappa shape index (κ2) is 5.73. The molecule has 0 spiro atoms. The molecule has 0 saturated heterocycles.